The van der Waals surface area contributed by atoms with E-state index in [1.165, 1.54) is 4.90 Å². The quantitative estimate of drug-likeness (QED) is 0.667. The lowest BCUT2D eigenvalue weighted by molar-refractivity contribution is -0.149. The maximum absolute atomic E-state index is 12.0. The van der Waals surface area contributed by atoms with Crippen molar-refractivity contribution in [2.24, 2.45) is 5.92 Å². The Balaban J connectivity index is 2.33. The van der Waals surface area contributed by atoms with Crippen molar-refractivity contribution in [1.29, 1.82) is 0 Å². The number of rotatable bonds is 6. The van der Waals surface area contributed by atoms with Gasteiger partial charge in [0, 0.05) is 14.1 Å². The molecule has 7 nitrogen and oxygen atoms in total. The number of ether oxygens (including phenoxy) is 1. The fraction of sp³-hybridized carbons (Fsp3) is 0.786. The zero-order valence-corrected chi connectivity index (χ0v) is 13.1. The van der Waals surface area contributed by atoms with Crippen LogP contribution in [0.5, 0.6) is 0 Å². The van der Waals surface area contributed by atoms with Crippen molar-refractivity contribution < 1.29 is 19.1 Å². The van der Waals surface area contributed by atoms with Crippen LogP contribution in [0.3, 0.4) is 0 Å². The van der Waals surface area contributed by atoms with Gasteiger partial charge in [0.05, 0.1) is 25.6 Å². The Labute approximate surface area is 125 Å². The Morgan fingerprint density at radius 1 is 1.29 bits per heavy atom. The lowest BCUT2D eigenvalue weighted by atomic mass is 9.97. The third-order valence-corrected chi connectivity index (χ3v) is 3.65. The van der Waals surface area contributed by atoms with Crippen LogP contribution in [0.25, 0.3) is 0 Å². The lowest BCUT2D eigenvalue weighted by Gasteiger charge is -2.31. The van der Waals surface area contributed by atoms with Gasteiger partial charge < -0.3 is 15.0 Å². The molecule has 0 aromatic heterocycles. The van der Waals surface area contributed by atoms with E-state index < -0.39 is 0 Å². The van der Waals surface area contributed by atoms with Gasteiger partial charge >= 0.3 is 5.97 Å². The average Bonchev–Trinajstić information content (AvgIpc) is 2.47. The molecule has 0 aromatic rings. The molecule has 0 unspecified atom stereocenters. The third-order valence-electron chi connectivity index (χ3n) is 3.65. The Hall–Kier alpha value is -1.63. The highest BCUT2D eigenvalue weighted by Crippen LogP contribution is 2.18. The summed E-state index contributed by atoms with van der Waals surface area (Å²) >= 11 is 0. The van der Waals surface area contributed by atoms with E-state index in [0.717, 1.165) is 0 Å². The average molecular weight is 299 g/mol. The second-order valence-electron chi connectivity index (χ2n) is 5.23. The summed E-state index contributed by atoms with van der Waals surface area (Å²) in [6.45, 7) is 3.94. The summed E-state index contributed by atoms with van der Waals surface area (Å²) in [6.07, 6.45) is 1.43. The predicted octanol–water partition coefficient (Wildman–Crippen LogP) is -0.534. The molecule has 120 valence electrons. The standard InChI is InChI=1S/C14H25N3O4/c1-4-21-14(20)11-5-7-17(8-6-11)10-13(19)16(3)9-12(18)15-2/h11H,4-10H2,1-3H3,(H,15,18). The number of piperidine rings is 1. The van der Waals surface area contributed by atoms with E-state index in [-0.39, 0.29) is 36.8 Å². The minimum Gasteiger partial charge on any atom is -0.466 e. The van der Waals surface area contributed by atoms with Gasteiger partial charge in [0.15, 0.2) is 0 Å². The molecular weight excluding hydrogens is 274 g/mol. The first-order chi connectivity index (χ1) is 9.97. The number of esters is 1. The SMILES string of the molecule is CCOC(=O)C1CCN(CC(=O)N(C)CC(=O)NC)CC1. The van der Waals surface area contributed by atoms with Gasteiger partial charge in [-0.15, -0.1) is 0 Å². The summed E-state index contributed by atoms with van der Waals surface area (Å²) in [5.41, 5.74) is 0. The van der Waals surface area contributed by atoms with Gasteiger partial charge in [-0.05, 0) is 32.9 Å². The van der Waals surface area contributed by atoms with E-state index in [4.69, 9.17) is 4.74 Å². The van der Waals surface area contributed by atoms with Crippen LogP contribution in [0.15, 0.2) is 0 Å². The number of likely N-dealkylation sites (tertiary alicyclic amines) is 1. The van der Waals surface area contributed by atoms with Crippen LogP contribution >= 0.6 is 0 Å². The van der Waals surface area contributed by atoms with E-state index in [1.807, 2.05) is 4.90 Å². The Bertz CT molecular complexity index is 378. The molecular formula is C14H25N3O4. The number of nitrogens with one attached hydrogen (secondary N) is 1. The third kappa shape index (κ3) is 5.71. The largest absolute Gasteiger partial charge is 0.466 e. The van der Waals surface area contributed by atoms with Crippen molar-refractivity contribution in [2.45, 2.75) is 19.8 Å². The molecule has 1 N–H and O–H groups in total. The van der Waals surface area contributed by atoms with Gasteiger partial charge in [-0.1, -0.05) is 0 Å². The molecule has 0 bridgehead atoms. The second-order valence-corrected chi connectivity index (χ2v) is 5.23. The van der Waals surface area contributed by atoms with Crippen LogP contribution in [-0.2, 0) is 19.1 Å². The Morgan fingerprint density at radius 3 is 2.43 bits per heavy atom. The van der Waals surface area contributed by atoms with Crippen molar-refractivity contribution in [3.05, 3.63) is 0 Å². The van der Waals surface area contributed by atoms with Crippen LogP contribution in [-0.4, -0.2) is 74.5 Å². The normalized spacial score (nSPS) is 16.3. The second kappa shape index (κ2) is 8.61. The van der Waals surface area contributed by atoms with Crippen molar-refractivity contribution in [3.63, 3.8) is 0 Å². The van der Waals surface area contributed by atoms with Crippen molar-refractivity contribution in [2.75, 3.05) is 46.9 Å². The number of amides is 2. The first kappa shape index (κ1) is 17.4. The van der Waals surface area contributed by atoms with E-state index in [0.29, 0.717) is 32.5 Å². The Morgan fingerprint density at radius 2 is 1.90 bits per heavy atom. The molecule has 1 aliphatic heterocycles. The van der Waals surface area contributed by atoms with Gasteiger partial charge in [-0.25, -0.2) is 0 Å². The predicted molar refractivity (Wildman–Crippen MR) is 77.5 cm³/mol. The molecule has 1 heterocycles. The van der Waals surface area contributed by atoms with Gasteiger partial charge in [0.25, 0.3) is 0 Å². The lowest BCUT2D eigenvalue weighted by Crippen LogP contribution is -2.45. The van der Waals surface area contributed by atoms with E-state index in [2.05, 4.69) is 5.32 Å². The smallest absolute Gasteiger partial charge is 0.309 e. The molecule has 0 aliphatic carbocycles. The highest BCUT2D eigenvalue weighted by Gasteiger charge is 2.27. The highest BCUT2D eigenvalue weighted by molar-refractivity contribution is 5.85. The van der Waals surface area contributed by atoms with Crippen molar-refractivity contribution in [3.8, 4) is 0 Å². The van der Waals surface area contributed by atoms with Crippen molar-refractivity contribution in [1.82, 2.24) is 15.1 Å². The molecule has 21 heavy (non-hydrogen) atoms. The zero-order valence-electron chi connectivity index (χ0n) is 13.1. The topological polar surface area (TPSA) is 79.0 Å². The molecule has 1 aliphatic rings. The summed E-state index contributed by atoms with van der Waals surface area (Å²) in [7, 11) is 3.16. The molecule has 0 aromatic carbocycles. The number of carbonyl (C=O) groups excluding carboxylic acids is 3. The molecule has 0 saturated carbocycles. The summed E-state index contributed by atoms with van der Waals surface area (Å²) < 4.78 is 5.01. The summed E-state index contributed by atoms with van der Waals surface area (Å²) in [6, 6.07) is 0. The summed E-state index contributed by atoms with van der Waals surface area (Å²) in [4.78, 5) is 38.3. The van der Waals surface area contributed by atoms with E-state index in [1.54, 1.807) is 21.0 Å². The van der Waals surface area contributed by atoms with Gasteiger partial charge in [-0.2, -0.15) is 0 Å². The van der Waals surface area contributed by atoms with E-state index >= 15 is 0 Å². The summed E-state index contributed by atoms with van der Waals surface area (Å²) in [5, 5.41) is 2.49. The van der Waals surface area contributed by atoms with Crippen LogP contribution in [0.2, 0.25) is 0 Å². The number of carbonyl (C=O) groups is 3. The van der Waals surface area contributed by atoms with Crippen LogP contribution in [0.4, 0.5) is 0 Å². The molecule has 1 saturated heterocycles. The first-order valence-electron chi connectivity index (χ1n) is 7.31. The van der Waals surface area contributed by atoms with Crippen molar-refractivity contribution >= 4 is 17.8 Å². The monoisotopic (exact) mass is 299 g/mol. The van der Waals surface area contributed by atoms with Gasteiger partial charge in [0.1, 0.15) is 0 Å². The number of hydrogen-bond acceptors (Lipinski definition) is 5. The first-order valence-corrected chi connectivity index (χ1v) is 7.31. The fourth-order valence-corrected chi connectivity index (χ4v) is 2.28. The number of hydrogen-bond donors (Lipinski definition) is 1. The highest BCUT2D eigenvalue weighted by atomic mass is 16.5. The summed E-state index contributed by atoms with van der Waals surface area (Å²) in [5.74, 6) is -0.472. The van der Waals surface area contributed by atoms with Gasteiger partial charge in [0.2, 0.25) is 11.8 Å². The Kier molecular flexibility index (Phi) is 7.14. The zero-order chi connectivity index (χ0) is 15.8. The molecule has 0 radical (unpaired) electrons. The van der Waals surface area contributed by atoms with E-state index in [9.17, 15) is 14.4 Å². The van der Waals surface area contributed by atoms with Crippen LogP contribution < -0.4 is 5.32 Å². The van der Waals surface area contributed by atoms with Crippen LogP contribution in [0, 0.1) is 5.92 Å². The molecule has 0 atom stereocenters. The van der Waals surface area contributed by atoms with Gasteiger partial charge in [-0.3, -0.25) is 19.3 Å². The maximum Gasteiger partial charge on any atom is 0.309 e. The minimum absolute atomic E-state index is 0.0556. The molecule has 7 heteroatoms. The molecule has 1 rings (SSSR count). The van der Waals surface area contributed by atoms with Crippen LogP contribution in [0.1, 0.15) is 19.8 Å². The molecule has 2 amide bonds. The maximum atomic E-state index is 12.0. The molecule has 0 spiro atoms. The minimum atomic E-state index is -0.188. The fourth-order valence-electron chi connectivity index (χ4n) is 2.28. The number of likely N-dealkylation sites (N-methyl/N-ethyl adjacent to an activating group) is 2. The number of nitrogens with zero attached hydrogens (tertiary/aromatic N) is 2. The molecule has 1 fully saturated rings.